The van der Waals surface area contributed by atoms with Crippen LogP contribution in [0.15, 0.2) is 42.1 Å². The van der Waals surface area contributed by atoms with Gasteiger partial charge in [-0.15, -0.1) is 0 Å². The van der Waals surface area contributed by atoms with Crippen LogP contribution in [0, 0.1) is 23.5 Å². The molecular weight excluding hydrogens is 318 g/mol. The lowest BCUT2D eigenvalue weighted by atomic mass is 9.91. The van der Waals surface area contributed by atoms with E-state index in [4.69, 9.17) is 0 Å². The normalized spacial score (nSPS) is 22.4. The molecular formula is C21H22F2N2. The Labute approximate surface area is 147 Å². The number of nitrogens with zero attached hydrogens (tertiary/aromatic N) is 1. The molecule has 1 N–H and O–H groups in total. The summed E-state index contributed by atoms with van der Waals surface area (Å²) in [4.78, 5) is 4.46. The van der Waals surface area contributed by atoms with Crippen molar-refractivity contribution >= 4 is 11.4 Å². The van der Waals surface area contributed by atoms with Crippen LogP contribution in [-0.4, -0.2) is 4.98 Å². The number of aromatic nitrogens is 1. The molecule has 0 spiro atoms. The largest absolute Gasteiger partial charge is 0.366 e. The first-order chi connectivity index (χ1) is 12.1. The number of hydrogen-bond acceptors (Lipinski definition) is 2. The van der Waals surface area contributed by atoms with Gasteiger partial charge in [0.1, 0.15) is 17.5 Å². The van der Waals surface area contributed by atoms with Gasteiger partial charge in [0, 0.05) is 18.3 Å². The minimum absolute atomic E-state index is 0.0384. The van der Waals surface area contributed by atoms with Gasteiger partial charge >= 0.3 is 0 Å². The summed E-state index contributed by atoms with van der Waals surface area (Å²) < 4.78 is 27.4. The third kappa shape index (κ3) is 3.06. The Morgan fingerprint density at radius 3 is 2.64 bits per heavy atom. The van der Waals surface area contributed by atoms with Gasteiger partial charge in [-0.25, -0.2) is 13.8 Å². The van der Waals surface area contributed by atoms with Crippen molar-refractivity contribution < 1.29 is 8.78 Å². The predicted octanol–water partition coefficient (Wildman–Crippen LogP) is 5.57. The zero-order valence-corrected chi connectivity index (χ0v) is 14.4. The summed E-state index contributed by atoms with van der Waals surface area (Å²) in [6.07, 6.45) is 7.05. The molecule has 4 rings (SSSR count). The van der Waals surface area contributed by atoms with Crippen LogP contribution in [0.3, 0.4) is 0 Å². The van der Waals surface area contributed by atoms with Gasteiger partial charge in [-0.1, -0.05) is 18.1 Å². The molecule has 0 bridgehead atoms. The Morgan fingerprint density at radius 1 is 1.12 bits per heavy atom. The van der Waals surface area contributed by atoms with Crippen molar-refractivity contribution in [3.63, 3.8) is 0 Å². The van der Waals surface area contributed by atoms with E-state index in [1.54, 1.807) is 0 Å². The molecule has 0 amide bonds. The second-order valence-corrected chi connectivity index (χ2v) is 7.18. The van der Waals surface area contributed by atoms with E-state index >= 15 is 0 Å². The van der Waals surface area contributed by atoms with Gasteiger partial charge in [0.05, 0.1) is 0 Å². The monoisotopic (exact) mass is 340 g/mol. The molecule has 2 aliphatic rings. The number of pyridine rings is 1. The van der Waals surface area contributed by atoms with Gasteiger partial charge in [-0.3, -0.25) is 0 Å². The fourth-order valence-electron chi connectivity index (χ4n) is 4.48. The molecule has 1 aromatic carbocycles. The number of hydrogen-bond donors (Lipinski definition) is 1. The summed E-state index contributed by atoms with van der Waals surface area (Å²) >= 11 is 0. The van der Waals surface area contributed by atoms with Crippen LogP contribution >= 0.6 is 0 Å². The van der Waals surface area contributed by atoms with E-state index in [0.717, 1.165) is 5.92 Å². The molecule has 2 nitrogen and oxygen atoms in total. The highest BCUT2D eigenvalue weighted by Crippen LogP contribution is 2.51. The van der Waals surface area contributed by atoms with Crippen molar-refractivity contribution in [2.45, 2.75) is 39.2 Å². The maximum Gasteiger partial charge on any atom is 0.131 e. The van der Waals surface area contributed by atoms with Crippen molar-refractivity contribution in [1.29, 1.82) is 0 Å². The van der Waals surface area contributed by atoms with E-state index in [1.807, 2.05) is 12.3 Å². The topological polar surface area (TPSA) is 24.9 Å². The highest BCUT2D eigenvalue weighted by atomic mass is 19.1. The summed E-state index contributed by atoms with van der Waals surface area (Å²) in [6, 6.07) is 7.88. The number of fused-ring (bicyclic) bond motifs is 1. The summed E-state index contributed by atoms with van der Waals surface area (Å²) in [6.45, 7) is 2.32. The Morgan fingerprint density at radius 2 is 1.92 bits per heavy atom. The summed E-state index contributed by atoms with van der Waals surface area (Å²) in [5.74, 6) is 1.06. The fraction of sp³-hybridized carbons (Fsp3) is 0.381. The average molecular weight is 340 g/mol. The number of nitrogens with one attached hydrogen (secondary N) is 1. The number of allylic oxidation sites excluding steroid dienone is 2. The molecule has 1 heterocycles. The first kappa shape index (κ1) is 16.2. The van der Waals surface area contributed by atoms with Crippen LogP contribution in [0.4, 0.5) is 14.6 Å². The molecule has 2 unspecified atom stereocenters. The van der Waals surface area contributed by atoms with Crippen molar-refractivity contribution in [2.24, 2.45) is 11.8 Å². The highest BCUT2D eigenvalue weighted by Gasteiger charge is 2.36. The van der Waals surface area contributed by atoms with Crippen LogP contribution in [0.1, 0.15) is 43.7 Å². The number of benzene rings is 1. The minimum Gasteiger partial charge on any atom is -0.366 e. The number of halogens is 2. The van der Waals surface area contributed by atoms with Gasteiger partial charge in [0.15, 0.2) is 0 Å². The van der Waals surface area contributed by atoms with Gasteiger partial charge in [-0.2, -0.15) is 0 Å². The van der Waals surface area contributed by atoms with E-state index in [1.165, 1.54) is 60.6 Å². The van der Waals surface area contributed by atoms with Crippen molar-refractivity contribution in [3.8, 4) is 0 Å². The van der Waals surface area contributed by atoms with Crippen LogP contribution in [0.25, 0.3) is 5.57 Å². The summed E-state index contributed by atoms with van der Waals surface area (Å²) in [5.41, 5.74) is 4.19. The molecule has 1 aromatic heterocycles. The average Bonchev–Trinajstić information content (AvgIpc) is 3.15. The molecule has 2 aliphatic carbocycles. The zero-order chi connectivity index (χ0) is 17.4. The van der Waals surface area contributed by atoms with E-state index in [9.17, 15) is 8.78 Å². The maximum absolute atomic E-state index is 13.7. The van der Waals surface area contributed by atoms with Crippen molar-refractivity contribution in [1.82, 2.24) is 4.98 Å². The smallest absolute Gasteiger partial charge is 0.131 e. The maximum atomic E-state index is 13.7. The predicted molar refractivity (Wildman–Crippen MR) is 96.0 cm³/mol. The Balaban J connectivity index is 1.48. The number of anilines is 1. The molecule has 2 atom stereocenters. The molecule has 0 radical (unpaired) electrons. The lowest BCUT2D eigenvalue weighted by molar-refractivity contribution is 0.499. The Kier molecular flexibility index (Phi) is 4.28. The molecule has 0 aliphatic heterocycles. The third-order valence-electron chi connectivity index (χ3n) is 5.64. The van der Waals surface area contributed by atoms with Crippen LogP contribution in [-0.2, 0) is 6.54 Å². The molecule has 25 heavy (non-hydrogen) atoms. The van der Waals surface area contributed by atoms with E-state index in [0.29, 0.717) is 11.7 Å². The second-order valence-electron chi connectivity index (χ2n) is 7.18. The van der Waals surface area contributed by atoms with E-state index in [-0.39, 0.29) is 12.1 Å². The third-order valence-corrected chi connectivity index (χ3v) is 5.64. The first-order valence-corrected chi connectivity index (χ1v) is 8.96. The molecule has 0 saturated heterocycles. The van der Waals surface area contributed by atoms with Crippen molar-refractivity contribution in [3.05, 3.63) is 64.9 Å². The van der Waals surface area contributed by atoms with Crippen LogP contribution < -0.4 is 5.32 Å². The lowest BCUT2D eigenvalue weighted by Gasteiger charge is -2.15. The molecule has 2 aromatic rings. The standard InChI is InChI=1S/C21H22F2N2/c1-13-10-14-4-2-5-16(14)21(13)15-8-9-20(24-11-15)25-12-17-18(22)6-3-7-19(17)23/h3,6-9,11,14,16H,2,4-5,10,12H2,1H3,(H,24,25). The molecule has 4 heteroatoms. The van der Waals surface area contributed by atoms with E-state index in [2.05, 4.69) is 23.3 Å². The van der Waals surface area contributed by atoms with Crippen molar-refractivity contribution in [2.75, 3.05) is 5.32 Å². The van der Waals surface area contributed by atoms with Crippen LogP contribution in [0.2, 0.25) is 0 Å². The van der Waals surface area contributed by atoms with Crippen LogP contribution in [0.5, 0.6) is 0 Å². The molecule has 1 saturated carbocycles. The van der Waals surface area contributed by atoms with Gasteiger partial charge < -0.3 is 5.32 Å². The van der Waals surface area contributed by atoms with Gasteiger partial charge in [-0.05, 0) is 73.4 Å². The first-order valence-electron chi connectivity index (χ1n) is 8.96. The summed E-state index contributed by atoms with van der Waals surface area (Å²) in [5, 5.41) is 3.01. The molecule has 130 valence electrons. The Hall–Kier alpha value is -2.23. The number of rotatable bonds is 4. The quantitative estimate of drug-likeness (QED) is 0.787. The van der Waals surface area contributed by atoms with Gasteiger partial charge in [0.25, 0.3) is 0 Å². The molecule has 1 fully saturated rings. The van der Waals surface area contributed by atoms with E-state index < -0.39 is 11.6 Å². The fourth-order valence-corrected chi connectivity index (χ4v) is 4.48. The zero-order valence-electron chi connectivity index (χ0n) is 14.4. The lowest BCUT2D eigenvalue weighted by Crippen LogP contribution is -2.06. The second kappa shape index (κ2) is 6.58. The minimum atomic E-state index is -0.539. The Bertz CT molecular complexity index is 791. The highest BCUT2D eigenvalue weighted by molar-refractivity contribution is 5.73. The summed E-state index contributed by atoms with van der Waals surface area (Å²) in [7, 11) is 0. The SMILES string of the molecule is CC1=C(c2ccc(NCc3c(F)cccc3F)nc2)C2CCCC2C1. The van der Waals surface area contributed by atoms with Gasteiger partial charge in [0.2, 0.25) is 0 Å².